The minimum absolute atomic E-state index is 0.166. The molecule has 0 unspecified atom stereocenters. The van der Waals surface area contributed by atoms with Crippen LogP contribution in [0.1, 0.15) is 25.0 Å². The van der Waals surface area contributed by atoms with Gasteiger partial charge in [-0.2, -0.15) is 0 Å². The Morgan fingerprint density at radius 2 is 1.17 bits per heavy atom. The van der Waals surface area contributed by atoms with Gasteiger partial charge in [0.1, 0.15) is 11.5 Å². The van der Waals surface area contributed by atoms with Gasteiger partial charge in [-0.15, -0.1) is 0 Å². The maximum absolute atomic E-state index is 6.51. The molecule has 1 aliphatic rings. The van der Waals surface area contributed by atoms with Crippen molar-refractivity contribution < 1.29 is 4.74 Å². The van der Waals surface area contributed by atoms with Crippen molar-refractivity contribution in [2.75, 3.05) is 4.90 Å². The van der Waals surface area contributed by atoms with E-state index in [-0.39, 0.29) is 5.41 Å². The van der Waals surface area contributed by atoms with Gasteiger partial charge in [-0.3, -0.25) is 4.98 Å². The fourth-order valence-corrected chi connectivity index (χ4v) is 7.34. The zero-order chi connectivity index (χ0) is 32.2. The SMILES string of the molecule is CC1(C)c2ccccc2Oc2cc(N(c3ccncc3)c3ccc(-c4ccc5c(c4)c4ccccc4n5-c4ccccc4)cc3)ccc21. The largest absolute Gasteiger partial charge is 0.457 e. The number of pyridine rings is 1. The number of hydrogen-bond donors (Lipinski definition) is 0. The number of benzene rings is 6. The highest BCUT2D eigenvalue weighted by Crippen LogP contribution is 2.49. The molecule has 0 radical (unpaired) electrons. The Kier molecular flexibility index (Phi) is 6.44. The number of hydrogen-bond acceptors (Lipinski definition) is 3. The number of para-hydroxylation sites is 3. The lowest BCUT2D eigenvalue weighted by Gasteiger charge is -2.35. The lowest BCUT2D eigenvalue weighted by Crippen LogP contribution is -2.24. The van der Waals surface area contributed by atoms with Crippen LogP contribution in [0.15, 0.2) is 164 Å². The summed E-state index contributed by atoms with van der Waals surface area (Å²) >= 11 is 0. The predicted molar refractivity (Wildman–Crippen MR) is 197 cm³/mol. The summed E-state index contributed by atoms with van der Waals surface area (Å²) in [4.78, 5) is 6.56. The second kappa shape index (κ2) is 11.0. The zero-order valence-corrected chi connectivity index (χ0v) is 26.8. The Labute approximate surface area is 280 Å². The molecule has 0 aliphatic carbocycles. The van der Waals surface area contributed by atoms with E-state index in [1.807, 2.05) is 30.6 Å². The normalized spacial score (nSPS) is 13.1. The van der Waals surface area contributed by atoms with Crippen LogP contribution in [0.25, 0.3) is 38.6 Å². The average molecular weight is 620 g/mol. The van der Waals surface area contributed by atoms with E-state index in [2.05, 4.69) is 162 Å². The van der Waals surface area contributed by atoms with Crippen LogP contribution in [0.3, 0.4) is 0 Å². The standard InChI is InChI=1S/C44H33N3O/c1-44(2)38-13-7-9-15-42(38)48-43-29-35(21-22-39(43)44)46(34-24-26-45-27-25-34)33-19-16-30(17-20-33)31-18-23-41-37(28-31)36-12-6-8-14-40(36)47(41)32-10-4-3-5-11-32/h3-29H,1-2H3. The first-order valence-electron chi connectivity index (χ1n) is 16.4. The van der Waals surface area contributed by atoms with E-state index in [0.717, 1.165) is 34.2 Å². The lowest BCUT2D eigenvalue weighted by atomic mass is 9.76. The molecule has 3 heterocycles. The number of nitrogens with zero attached hydrogens (tertiary/aromatic N) is 3. The molecule has 48 heavy (non-hydrogen) atoms. The fraction of sp³-hybridized carbons (Fsp3) is 0.0682. The van der Waals surface area contributed by atoms with Crippen molar-refractivity contribution in [2.24, 2.45) is 0 Å². The minimum Gasteiger partial charge on any atom is -0.457 e. The minimum atomic E-state index is -0.166. The molecule has 9 rings (SSSR count). The third kappa shape index (κ3) is 4.49. The van der Waals surface area contributed by atoms with Gasteiger partial charge in [0.25, 0.3) is 0 Å². The van der Waals surface area contributed by atoms with Crippen molar-refractivity contribution in [3.63, 3.8) is 0 Å². The highest BCUT2D eigenvalue weighted by Gasteiger charge is 2.34. The number of fused-ring (bicyclic) bond motifs is 5. The number of rotatable bonds is 5. The van der Waals surface area contributed by atoms with Crippen LogP contribution in [-0.4, -0.2) is 9.55 Å². The lowest BCUT2D eigenvalue weighted by molar-refractivity contribution is 0.418. The van der Waals surface area contributed by atoms with Gasteiger partial charge in [0.2, 0.25) is 0 Å². The van der Waals surface area contributed by atoms with Crippen LogP contribution in [0, 0.1) is 0 Å². The molecule has 1 aliphatic heterocycles. The summed E-state index contributed by atoms with van der Waals surface area (Å²) in [6, 6.07) is 53.9. The summed E-state index contributed by atoms with van der Waals surface area (Å²) in [6.45, 7) is 4.53. The predicted octanol–water partition coefficient (Wildman–Crippen LogP) is 11.7. The first kappa shape index (κ1) is 28.1. The van der Waals surface area contributed by atoms with Gasteiger partial charge < -0.3 is 14.2 Å². The smallest absolute Gasteiger partial charge is 0.133 e. The van der Waals surface area contributed by atoms with Crippen LogP contribution in [0.5, 0.6) is 11.5 Å². The summed E-state index contributed by atoms with van der Waals surface area (Å²) in [5.41, 5.74) is 11.3. The molecule has 4 nitrogen and oxygen atoms in total. The molecule has 0 fully saturated rings. The number of anilines is 3. The summed E-state index contributed by atoms with van der Waals surface area (Å²) in [6.07, 6.45) is 3.68. The molecule has 8 aromatic rings. The van der Waals surface area contributed by atoms with E-state index in [1.54, 1.807) is 0 Å². The molecule has 4 heteroatoms. The van der Waals surface area contributed by atoms with Crippen LogP contribution >= 0.6 is 0 Å². The van der Waals surface area contributed by atoms with E-state index < -0.39 is 0 Å². The number of ether oxygens (including phenoxy) is 1. The van der Waals surface area contributed by atoms with E-state index in [0.29, 0.717) is 0 Å². The third-order valence-electron chi connectivity index (χ3n) is 9.74. The molecule has 0 atom stereocenters. The quantitative estimate of drug-likeness (QED) is 0.192. The molecule has 0 spiro atoms. The van der Waals surface area contributed by atoms with Gasteiger partial charge in [0, 0.05) is 68.5 Å². The summed E-state index contributed by atoms with van der Waals surface area (Å²) in [7, 11) is 0. The Morgan fingerprint density at radius 3 is 2.00 bits per heavy atom. The summed E-state index contributed by atoms with van der Waals surface area (Å²) in [5, 5.41) is 2.49. The van der Waals surface area contributed by atoms with E-state index >= 15 is 0 Å². The number of aromatic nitrogens is 2. The van der Waals surface area contributed by atoms with Crippen molar-refractivity contribution in [2.45, 2.75) is 19.3 Å². The third-order valence-corrected chi connectivity index (χ3v) is 9.74. The van der Waals surface area contributed by atoms with Crippen LogP contribution in [-0.2, 0) is 5.41 Å². The van der Waals surface area contributed by atoms with Gasteiger partial charge >= 0.3 is 0 Å². The maximum Gasteiger partial charge on any atom is 0.133 e. The highest BCUT2D eigenvalue weighted by molar-refractivity contribution is 6.10. The zero-order valence-electron chi connectivity index (χ0n) is 26.8. The first-order chi connectivity index (χ1) is 23.6. The molecule has 0 N–H and O–H groups in total. The van der Waals surface area contributed by atoms with Crippen LogP contribution < -0.4 is 9.64 Å². The van der Waals surface area contributed by atoms with Crippen molar-refractivity contribution >= 4 is 38.9 Å². The second-order valence-electron chi connectivity index (χ2n) is 12.9. The molecule has 2 aromatic heterocycles. The Balaban J connectivity index is 1.12. The Bertz CT molecular complexity index is 2440. The van der Waals surface area contributed by atoms with Crippen LogP contribution in [0.2, 0.25) is 0 Å². The fourth-order valence-electron chi connectivity index (χ4n) is 7.34. The molecule has 0 amide bonds. The van der Waals surface area contributed by atoms with Gasteiger partial charge in [-0.1, -0.05) is 92.7 Å². The van der Waals surface area contributed by atoms with Crippen molar-refractivity contribution in [1.29, 1.82) is 0 Å². The molecular formula is C44H33N3O. The monoisotopic (exact) mass is 619 g/mol. The molecule has 0 bridgehead atoms. The second-order valence-corrected chi connectivity index (χ2v) is 12.9. The van der Waals surface area contributed by atoms with Crippen molar-refractivity contribution in [3.05, 3.63) is 175 Å². The first-order valence-corrected chi connectivity index (χ1v) is 16.4. The van der Waals surface area contributed by atoms with Gasteiger partial charge in [-0.05, 0) is 77.9 Å². The Morgan fingerprint density at radius 1 is 0.521 bits per heavy atom. The topological polar surface area (TPSA) is 30.3 Å². The van der Waals surface area contributed by atoms with Crippen molar-refractivity contribution in [1.82, 2.24) is 9.55 Å². The van der Waals surface area contributed by atoms with E-state index in [9.17, 15) is 0 Å². The average Bonchev–Trinajstić information content (AvgIpc) is 3.47. The van der Waals surface area contributed by atoms with Crippen LogP contribution in [0.4, 0.5) is 17.1 Å². The van der Waals surface area contributed by atoms with Gasteiger partial charge in [0.05, 0.1) is 11.0 Å². The Hall–Kier alpha value is -6.13. The van der Waals surface area contributed by atoms with Crippen molar-refractivity contribution in [3.8, 4) is 28.3 Å². The van der Waals surface area contributed by atoms with E-state index in [1.165, 1.54) is 44.1 Å². The molecular weight excluding hydrogens is 587 g/mol. The molecule has 0 saturated heterocycles. The highest BCUT2D eigenvalue weighted by atomic mass is 16.5. The molecule has 0 saturated carbocycles. The maximum atomic E-state index is 6.51. The van der Waals surface area contributed by atoms with E-state index in [4.69, 9.17) is 4.74 Å². The summed E-state index contributed by atoms with van der Waals surface area (Å²) < 4.78 is 8.86. The molecule has 6 aromatic carbocycles. The van der Waals surface area contributed by atoms with Gasteiger partial charge in [0.15, 0.2) is 0 Å². The van der Waals surface area contributed by atoms with Gasteiger partial charge in [-0.25, -0.2) is 0 Å². The summed E-state index contributed by atoms with van der Waals surface area (Å²) in [5.74, 6) is 1.80. The molecule has 230 valence electrons.